The van der Waals surface area contributed by atoms with Crippen molar-refractivity contribution >= 4 is 68.2 Å². The van der Waals surface area contributed by atoms with Gasteiger partial charge in [0.25, 0.3) is 0 Å². The van der Waals surface area contributed by atoms with Gasteiger partial charge in [-0.05, 0) is 257 Å². The first-order valence-electron chi connectivity index (χ1n) is 40.3. The molecule has 0 heterocycles. The minimum Gasteiger partial charge on any atom is -0.311 e. The van der Waals surface area contributed by atoms with Crippen molar-refractivity contribution < 1.29 is 0 Å². The number of hydrogen-bond donors (Lipinski definition) is 0. The zero-order valence-electron chi connectivity index (χ0n) is 65.1. The molecular weight excluding hydrogens is 1430 g/mol. The van der Waals surface area contributed by atoms with Crippen molar-refractivity contribution in [3.8, 4) is 111 Å². The number of rotatable bonds is 22. The lowest BCUT2D eigenvalue weighted by Gasteiger charge is -2.27. The van der Waals surface area contributed by atoms with Crippen LogP contribution in [0.25, 0.3) is 111 Å². The average molecular weight is 1510 g/mol. The summed E-state index contributed by atoms with van der Waals surface area (Å²) in [6, 6.07) is 180. The molecular formula is C114H82N4. The van der Waals surface area contributed by atoms with Crippen LogP contribution in [-0.4, -0.2) is 0 Å². The Morgan fingerprint density at radius 1 is 0.0678 bits per heavy atom. The maximum atomic E-state index is 2.35. The van der Waals surface area contributed by atoms with Crippen LogP contribution < -0.4 is 19.6 Å². The summed E-state index contributed by atoms with van der Waals surface area (Å²) in [6.07, 6.45) is 0. The highest BCUT2D eigenvalue weighted by atomic mass is 15.2. The normalized spacial score (nSPS) is 11.1. The van der Waals surface area contributed by atoms with Gasteiger partial charge in [0.05, 0.1) is 0 Å². The van der Waals surface area contributed by atoms with Gasteiger partial charge in [-0.2, -0.15) is 0 Å². The van der Waals surface area contributed by atoms with Gasteiger partial charge < -0.3 is 19.6 Å². The number of hydrogen-bond acceptors (Lipinski definition) is 4. The Morgan fingerprint density at radius 3 is 0.220 bits per heavy atom. The largest absolute Gasteiger partial charge is 0.311 e. The predicted molar refractivity (Wildman–Crippen MR) is 500 cm³/mol. The third-order valence-corrected chi connectivity index (χ3v) is 22.4. The van der Waals surface area contributed by atoms with Crippen LogP contribution in [-0.2, 0) is 0 Å². The van der Waals surface area contributed by atoms with Crippen molar-refractivity contribution in [2.75, 3.05) is 19.6 Å². The highest BCUT2D eigenvalue weighted by molar-refractivity contribution is 5.88. The molecule has 558 valence electrons. The Balaban J connectivity index is 0.573. The molecule has 19 aromatic carbocycles. The Hall–Kier alpha value is -15.6. The monoisotopic (exact) mass is 1510 g/mol. The Labute approximate surface area is 691 Å². The molecule has 0 saturated heterocycles. The average Bonchev–Trinajstić information content (AvgIpc) is 0.817. The third kappa shape index (κ3) is 15.8. The molecule has 0 aliphatic heterocycles. The summed E-state index contributed by atoms with van der Waals surface area (Å²) < 4.78 is 0. The van der Waals surface area contributed by atoms with Crippen molar-refractivity contribution in [2.45, 2.75) is 0 Å². The van der Waals surface area contributed by atoms with E-state index in [4.69, 9.17) is 0 Å². The van der Waals surface area contributed by atoms with E-state index in [0.29, 0.717) is 0 Å². The van der Waals surface area contributed by atoms with Crippen molar-refractivity contribution in [2.24, 2.45) is 0 Å². The maximum absolute atomic E-state index is 2.35. The number of anilines is 12. The van der Waals surface area contributed by atoms with Crippen molar-refractivity contribution in [3.05, 3.63) is 497 Å². The fourth-order valence-corrected chi connectivity index (χ4v) is 16.1. The molecule has 0 aliphatic carbocycles. The molecule has 0 aliphatic rings. The second kappa shape index (κ2) is 33.6. The molecule has 0 N–H and O–H groups in total. The SMILES string of the molecule is c1ccc(-c2ccc(N(c3ccc(-c4ccccc4)cc3)c3ccc(-c4ccc(N(c5ccc(-c6ccccc6)cc5)c5ccc(-c6ccc(-c7ccc(N(c8ccc(-c9ccccc9)cc8)c8ccc(-c9ccc(N(c%10ccc(-c%11ccccc%11)cc%10)c%10ccc(-c%11ccccc%11)cc%10)cc9)cc8)cc7)cc6)cc5)cc4)cc3)cc2)cc1. The quantitative estimate of drug-likeness (QED) is 0.0670. The molecule has 0 atom stereocenters. The summed E-state index contributed by atoms with van der Waals surface area (Å²) in [7, 11) is 0. The topological polar surface area (TPSA) is 13.0 Å². The van der Waals surface area contributed by atoms with Crippen LogP contribution in [0, 0.1) is 0 Å². The highest BCUT2D eigenvalue weighted by Gasteiger charge is 2.21. The fourth-order valence-electron chi connectivity index (χ4n) is 16.1. The molecule has 19 aromatic rings. The molecule has 0 unspecified atom stereocenters. The van der Waals surface area contributed by atoms with E-state index in [1.54, 1.807) is 0 Å². The van der Waals surface area contributed by atoms with Crippen LogP contribution >= 0.6 is 0 Å². The Bertz CT molecular complexity index is 5910. The summed E-state index contributed by atoms with van der Waals surface area (Å²) in [5.41, 5.74) is 36.2. The minimum absolute atomic E-state index is 1.06. The zero-order chi connectivity index (χ0) is 78.8. The molecule has 4 nitrogen and oxygen atoms in total. The molecule has 0 fully saturated rings. The third-order valence-electron chi connectivity index (χ3n) is 22.4. The lowest BCUT2D eigenvalue weighted by molar-refractivity contribution is 1.28. The summed E-state index contributed by atoms with van der Waals surface area (Å²) in [5, 5.41) is 0. The smallest absolute Gasteiger partial charge is 0.0462 e. The van der Waals surface area contributed by atoms with E-state index >= 15 is 0 Å². The summed E-state index contributed by atoms with van der Waals surface area (Å²) in [6.45, 7) is 0. The second-order valence-corrected chi connectivity index (χ2v) is 29.7. The van der Waals surface area contributed by atoms with Gasteiger partial charge in [-0.15, -0.1) is 0 Å². The summed E-state index contributed by atoms with van der Waals surface area (Å²) in [5.74, 6) is 0. The number of nitrogens with zero attached hydrogens (tertiary/aromatic N) is 4. The first-order valence-corrected chi connectivity index (χ1v) is 40.3. The predicted octanol–water partition coefficient (Wildman–Crippen LogP) is 32.2. The van der Waals surface area contributed by atoms with Gasteiger partial charge in [0.15, 0.2) is 0 Å². The van der Waals surface area contributed by atoms with Gasteiger partial charge in [0.1, 0.15) is 0 Å². The van der Waals surface area contributed by atoms with Crippen LogP contribution in [0.15, 0.2) is 497 Å². The maximum Gasteiger partial charge on any atom is 0.0462 e. The van der Waals surface area contributed by atoms with Crippen molar-refractivity contribution in [3.63, 3.8) is 0 Å². The summed E-state index contributed by atoms with van der Waals surface area (Å²) >= 11 is 0. The van der Waals surface area contributed by atoms with E-state index in [1.165, 1.54) is 66.8 Å². The van der Waals surface area contributed by atoms with Gasteiger partial charge in [0, 0.05) is 68.2 Å². The van der Waals surface area contributed by atoms with Crippen LogP contribution in [0.1, 0.15) is 0 Å². The van der Waals surface area contributed by atoms with Gasteiger partial charge in [-0.25, -0.2) is 0 Å². The van der Waals surface area contributed by atoms with Gasteiger partial charge in [0.2, 0.25) is 0 Å². The minimum atomic E-state index is 1.06. The van der Waals surface area contributed by atoms with Gasteiger partial charge in [-0.3, -0.25) is 0 Å². The van der Waals surface area contributed by atoms with Crippen LogP contribution in [0.4, 0.5) is 68.2 Å². The lowest BCUT2D eigenvalue weighted by atomic mass is 9.99. The standard InChI is InChI=1S/C114H82N4/c1-7-19-83(20-8-1)91-35-59-103(60-36-91)115(104-61-37-92(38-62-104)84-21-9-2-10-22-84)111-75-51-99(52-76-111)101-55-79-113(80-56-101)117(107-67-43-95(44-68-107)87-27-15-5-16-28-87)109-71-47-97(48-72-109)89-31-33-90(34-32-89)98-49-73-110(74-50-98)118(108-69-45-96(46-70-108)88-29-17-6-18-30-88)114-81-57-102(58-82-114)100-53-77-112(78-54-100)116(105-63-39-93(40-64-105)85-23-11-3-12-24-85)106-65-41-94(42-66-106)86-25-13-4-14-26-86/h1-82H. The Kier molecular flexibility index (Phi) is 20.7. The molecule has 0 bridgehead atoms. The molecule has 0 amide bonds. The van der Waals surface area contributed by atoms with Crippen LogP contribution in [0.5, 0.6) is 0 Å². The van der Waals surface area contributed by atoms with Crippen LogP contribution in [0.2, 0.25) is 0 Å². The van der Waals surface area contributed by atoms with Gasteiger partial charge >= 0.3 is 0 Å². The number of benzene rings is 19. The van der Waals surface area contributed by atoms with E-state index in [0.717, 1.165) is 113 Å². The molecule has 4 heteroatoms. The van der Waals surface area contributed by atoms with Crippen LogP contribution in [0.3, 0.4) is 0 Å². The first-order chi connectivity index (χ1) is 58.5. The molecule has 0 spiro atoms. The van der Waals surface area contributed by atoms with E-state index in [2.05, 4.69) is 517 Å². The lowest BCUT2D eigenvalue weighted by Crippen LogP contribution is -2.10. The zero-order valence-corrected chi connectivity index (χ0v) is 65.1. The molecule has 0 saturated carbocycles. The van der Waals surface area contributed by atoms with E-state index < -0.39 is 0 Å². The van der Waals surface area contributed by atoms with E-state index in [9.17, 15) is 0 Å². The molecule has 118 heavy (non-hydrogen) atoms. The van der Waals surface area contributed by atoms with Crippen molar-refractivity contribution in [1.82, 2.24) is 0 Å². The molecule has 0 radical (unpaired) electrons. The van der Waals surface area contributed by atoms with E-state index in [1.807, 2.05) is 0 Å². The summed E-state index contributed by atoms with van der Waals surface area (Å²) in [4.78, 5) is 9.39. The highest BCUT2D eigenvalue weighted by Crippen LogP contribution is 2.45. The molecule has 19 rings (SSSR count). The molecule has 0 aromatic heterocycles. The van der Waals surface area contributed by atoms with Crippen molar-refractivity contribution in [1.29, 1.82) is 0 Å². The fraction of sp³-hybridized carbons (Fsp3) is 0. The van der Waals surface area contributed by atoms with Gasteiger partial charge in [-0.1, -0.05) is 352 Å². The second-order valence-electron chi connectivity index (χ2n) is 29.7. The Morgan fingerprint density at radius 2 is 0.136 bits per heavy atom. The van der Waals surface area contributed by atoms with E-state index in [-0.39, 0.29) is 0 Å². The first kappa shape index (κ1) is 72.6.